The van der Waals surface area contributed by atoms with Gasteiger partial charge in [0.1, 0.15) is 11.3 Å². The maximum atomic E-state index is 13.3. The highest BCUT2D eigenvalue weighted by molar-refractivity contribution is 9.10. The van der Waals surface area contributed by atoms with Gasteiger partial charge in [0, 0.05) is 17.2 Å². The second kappa shape index (κ2) is 10.3. The first kappa shape index (κ1) is 25.1. The molecular weight excluding hydrogens is 508 g/mol. The van der Waals surface area contributed by atoms with Gasteiger partial charge in [-0.2, -0.15) is 0 Å². The molecule has 1 atom stereocenters. The molecule has 7 nitrogen and oxygen atoms in total. The van der Waals surface area contributed by atoms with Gasteiger partial charge in [0.2, 0.25) is 0 Å². The van der Waals surface area contributed by atoms with Gasteiger partial charge in [0.25, 0.3) is 11.7 Å². The summed E-state index contributed by atoms with van der Waals surface area (Å²) in [4.78, 5) is 35.1. The van der Waals surface area contributed by atoms with Crippen LogP contribution in [0.15, 0.2) is 52.6 Å². The molecule has 1 aliphatic heterocycles. The van der Waals surface area contributed by atoms with Crippen LogP contribution in [0.4, 0.5) is 0 Å². The smallest absolute Gasteiger partial charge is 0.295 e. The Hall–Kier alpha value is -2.97. The molecule has 0 saturated carbocycles. The average Bonchev–Trinajstić information content (AvgIpc) is 3.32. The van der Waals surface area contributed by atoms with Gasteiger partial charge in [-0.05, 0) is 69.2 Å². The minimum absolute atomic E-state index is 0.0873. The Bertz CT molecular complexity index is 1290. The molecule has 0 bridgehead atoms. The van der Waals surface area contributed by atoms with Crippen LogP contribution in [0.2, 0.25) is 0 Å². The predicted molar refractivity (Wildman–Crippen MR) is 140 cm³/mol. The van der Waals surface area contributed by atoms with Crippen LogP contribution in [-0.4, -0.2) is 62.2 Å². The first-order valence-corrected chi connectivity index (χ1v) is 12.8. The van der Waals surface area contributed by atoms with E-state index in [2.05, 4.69) is 39.7 Å². The number of Topliss-reactive ketones (excluding diaryl/α,β-unsaturated/α-hetero) is 1. The number of ketones is 1. The highest BCUT2D eigenvalue weighted by Crippen LogP contribution is 2.40. The van der Waals surface area contributed by atoms with Crippen molar-refractivity contribution >= 4 is 39.0 Å². The van der Waals surface area contributed by atoms with Crippen LogP contribution in [0.3, 0.4) is 0 Å². The van der Waals surface area contributed by atoms with E-state index in [4.69, 9.17) is 0 Å². The SMILES string of the molecule is CCN(CC)CCCN1C(=O)C(=O)C(=C(O)c2nc3c(C)cccn3c2C)C1c1ccc(Br)cc1. The topological polar surface area (TPSA) is 78.2 Å². The van der Waals surface area contributed by atoms with Crippen LogP contribution < -0.4 is 0 Å². The number of rotatable bonds is 8. The lowest BCUT2D eigenvalue weighted by Gasteiger charge is -2.26. The summed E-state index contributed by atoms with van der Waals surface area (Å²) in [6.45, 7) is 11.1. The van der Waals surface area contributed by atoms with E-state index in [9.17, 15) is 14.7 Å². The maximum absolute atomic E-state index is 13.3. The summed E-state index contributed by atoms with van der Waals surface area (Å²) >= 11 is 3.46. The van der Waals surface area contributed by atoms with E-state index in [-0.39, 0.29) is 11.3 Å². The van der Waals surface area contributed by atoms with Crippen molar-refractivity contribution in [2.75, 3.05) is 26.2 Å². The lowest BCUT2D eigenvalue weighted by Crippen LogP contribution is -2.33. The van der Waals surface area contributed by atoms with Gasteiger partial charge in [0.05, 0.1) is 17.3 Å². The Morgan fingerprint density at radius 1 is 1.11 bits per heavy atom. The Morgan fingerprint density at radius 3 is 2.43 bits per heavy atom. The molecule has 4 rings (SSSR count). The van der Waals surface area contributed by atoms with Crippen molar-refractivity contribution in [1.82, 2.24) is 19.2 Å². The van der Waals surface area contributed by atoms with E-state index in [0.29, 0.717) is 23.6 Å². The fourth-order valence-corrected chi connectivity index (χ4v) is 5.05. The molecule has 2 aromatic heterocycles. The molecule has 0 radical (unpaired) electrons. The van der Waals surface area contributed by atoms with E-state index in [0.717, 1.165) is 41.7 Å². The second-order valence-electron chi connectivity index (χ2n) is 8.86. The normalized spacial score (nSPS) is 17.8. The van der Waals surface area contributed by atoms with Crippen molar-refractivity contribution in [3.8, 4) is 0 Å². The molecule has 1 aliphatic rings. The molecule has 1 saturated heterocycles. The lowest BCUT2D eigenvalue weighted by molar-refractivity contribution is -0.140. The number of pyridine rings is 1. The number of benzene rings is 1. The largest absolute Gasteiger partial charge is 0.505 e. The van der Waals surface area contributed by atoms with E-state index in [1.165, 1.54) is 0 Å². The minimum Gasteiger partial charge on any atom is -0.505 e. The van der Waals surface area contributed by atoms with Crippen molar-refractivity contribution in [1.29, 1.82) is 0 Å². The van der Waals surface area contributed by atoms with Crippen LogP contribution in [0.1, 0.15) is 48.8 Å². The zero-order valence-electron chi connectivity index (χ0n) is 20.6. The first-order valence-electron chi connectivity index (χ1n) is 12.0. The number of amides is 1. The van der Waals surface area contributed by atoms with E-state index >= 15 is 0 Å². The Morgan fingerprint density at radius 2 is 1.80 bits per heavy atom. The number of carbonyl (C=O) groups is 2. The van der Waals surface area contributed by atoms with Crippen LogP contribution >= 0.6 is 15.9 Å². The van der Waals surface area contributed by atoms with Gasteiger partial charge in [-0.1, -0.05) is 48.0 Å². The highest BCUT2D eigenvalue weighted by Gasteiger charge is 2.46. The summed E-state index contributed by atoms with van der Waals surface area (Å²) in [5.74, 6) is -1.49. The zero-order valence-corrected chi connectivity index (χ0v) is 22.2. The van der Waals surface area contributed by atoms with Crippen molar-refractivity contribution in [2.45, 2.75) is 40.2 Å². The molecule has 0 spiro atoms. The number of fused-ring (bicyclic) bond motifs is 1. The summed E-state index contributed by atoms with van der Waals surface area (Å²) in [6, 6.07) is 10.7. The molecule has 1 N–H and O–H groups in total. The highest BCUT2D eigenvalue weighted by atomic mass is 79.9. The summed E-state index contributed by atoms with van der Waals surface area (Å²) in [6.07, 6.45) is 2.60. The van der Waals surface area contributed by atoms with Crippen molar-refractivity contribution < 1.29 is 14.7 Å². The average molecular weight is 539 g/mol. The number of halogens is 1. The third-order valence-corrected chi connectivity index (χ3v) is 7.33. The number of hydrogen-bond donors (Lipinski definition) is 1. The summed E-state index contributed by atoms with van der Waals surface area (Å²) < 4.78 is 2.78. The number of aliphatic hydroxyl groups excluding tert-OH is 1. The zero-order chi connectivity index (χ0) is 25.3. The molecule has 1 fully saturated rings. The number of nitrogens with zero attached hydrogens (tertiary/aromatic N) is 4. The number of aryl methyl sites for hydroxylation is 2. The molecule has 1 aromatic carbocycles. The van der Waals surface area contributed by atoms with Gasteiger partial charge in [-0.25, -0.2) is 4.98 Å². The van der Waals surface area contributed by atoms with Crippen molar-refractivity contribution in [3.63, 3.8) is 0 Å². The molecule has 35 heavy (non-hydrogen) atoms. The van der Waals surface area contributed by atoms with Crippen molar-refractivity contribution in [2.24, 2.45) is 0 Å². The molecule has 1 amide bonds. The summed E-state index contributed by atoms with van der Waals surface area (Å²) in [7, 11) is 0. The number of aromatic nitrogens is 2. The summed E-state index contributed by atoms with van der Waals surface area (Å²) in [5, 5.41) is 11.5. The lowest BCUT2D eigenvalue weighted by atomic mass is 9.96. The van der Waals surface area contributed by atoms with Crippen LogP contribution in [0, 0.1) is 13.8 Å². The Labute approximate surface area is 214 Å². The van der Waals surface area contributed by atoms with E-state index in [1.54, 1.807) is 4.90 Å². The van der Waals surface area contributed by atoms with Gasteiger partial charge >= 0.3 is 0 Å². The number of aliphatic hydroxyl groups is 1. The molecule has 8 heteroatoms. The maximum Gasteiger partial charge on any atom is 0.295 e. The Balaban J connectivity index is 1.81. The summed E-state index contributed by atoms with van der Waals surface area (Å²) in [5.41, 5.74) is 3.56. The van der Waals surface area contributed by atoms with Crippen LogP contribution in [-0.2, 0) is 9.59 Å². The van der Waals surface area contributed by atoms with E-state index in [1.807, 2.05) is 60.8 Å². The second-order valence-corrected chi connectivity index (χ2v) is 9.77. The molecule has 3 aromatic rings. The molecule has 184 valence electrons. The number of likely N-dealkylation sites (tertiary alicyclic amines) is 1. The Kier molecular flexibility index (Phi) is 7.42. The van der Waals surface area contributed by atoms with Crippen molar-refractivity contribution in [3.05, 3.63) is 75.2 Å². The monoisotopic (exact) mass is 538 g/mol. The van der Waals surface area contributed by atoms with Gasteiger partial charge in [0.15, 0.2) is 5.76 Å². The number of hydrogen-bond acceptors (Lipinski definition) is 5. The van der Waals surface area contributed by atoms with Gasteiger partial charge in [-0.15, -0.1) is 0 Å². The fraction of sp³-hybridized carbons (Fsp3) is 0.370. The van der Waals surface area contributed by atoms with Crippen LogP contribution in [0.25, 0.3) is 11.4 Å². The first-order chi connectivity index (χ1) is 16.8. The standard InChI is InChI=1S/C27H31BrN4O3/c1-5-30(6-2)14-8-16-32-23(19-10-12-20(28)13-11-19)21(25(34)27(32)35)24(33)22-18(4)31-15-7-9-17(3)26(31)29-22/h7,9-13,15,23,33H,5-6,8,14,16H2,1-4H3. The number of carbonyl (C=O) groups excluding carboxylic acids is 2. The van der Waals surface area contributed by atoms with Crippen LogP contribution in [0.5, 0.6) is 0 Å². The predicted octanol–water partition coefficient (Wildman–Crippen LogP) is 4.87. The minimum atomic E-state index is -0.676. The van der Waals surface area contributed by atoms with E-state index < -0.39 is 17.7 Å². The quantitative estimate of drug-likeness (QED) is 0.251. The number of imidazole rings is 1. The molecule has 0 aliphatic carbocycles. The molecule has 1 unspecified atom stereocenters. The van der Waals surface area contributed by atoms with Gasteiger partial charge < -0.3 is 19.3 Å². The van der Waals surface area contributed by atoms with Gasteiger partial charge in [-0.3, -0.25) is 9.59 Å². The molecular formula is C27H31BrN4O3. The third-order valence-electron chi connectivity index (χ3n) is 6.80. The fourth-order valence-electron chi connectivity index (χ4n) is 4.78. The third kappa shape index (κ3) is 4.65. The molecule has 3 heterocycles.